The van der Waals surface area contributed by atoms with Gasteiger partial charge in [0.15, 0.2) is 0 Å². The predicted octanol–water partition coefficient (Wildman–Crippen LogP) is 5.23. The molecule has 0 aliphatic heterocycles. The smallest absolute Gasteiger partial charge is 0.318 e. The molecule has 0 fully saturated rings. The Morgan fingerprint density at radius 1 is 1.03 bits per heavy atom. The van der Waals surface area contributed by atoms with Gasteiger partial charge in [0.05, 0.1) is 24.2 Å². The molecule has 1 unspecified atom stereocenters. The minimum Gasteiger partial charge on any atom is -0.465 e. The van der Waals surface area contributed by atoms with Crippen LogP contribution in [0.2, 0.25) is 0 Å². The number of aromatic nitrogens is 2. The molecule has 0 saturated carbocycles. The molecule has 0 spiro atoms. The van der Waals surface area contributed by atoms with Gasteiger partial charge in [-0.2, -0.15) is 0 Å². The maximum Gasteiger partial charge on any atom is 0.318 e. The van der Waals surface area contributed by atoms with Crippen LogP contribution in [0.25, 0.3) is 0 Å². The highest BCUT2D eigenvalue weighted by Gasteiger charge is 2.42. The zero-order chi connectivity index (χ0) is 25.3. The number of carbonyl (C=O) groups excluding carboxylic acids is 2. The van der Waals surface area contributed by atoms with Gasteiger partial charge in [-0.1, -0.05) is 37.3 Å². The lowest BCUT2D eigenvalue weighted by Crippen LogP contribution is -2.39. The molecule has 0 aliphatic rings. The molecular weight excluding hydrogens is 456 g/mol. The number of carbonyl (C=O) groups is 2. The number of nitrogens with zero attached hydrogens (tertiary/aromatic N) is 2. The van der Waals surface area contributed by atoms with Crippen molar-refractivity contribution in [1.82, 2.24) is 9.97 Å². The van der Waals surface area contributed by atoms with Gasteiger partial charge in [-0.15, -0.1) is 0 Å². The van der Waals surface area contributed by atoms with Crippen molar-refractivity contribution in [3.05, 3.63) is 83.8 Å². The predicted molar refractivity (Wildman–Crippen MR) is 126 cm³/mol. The van der Waals surface area contributed by atoms with Crippen molar-refractivity contribution in [1.29, 1.82) is 0 Å². The highest BCUT2D eigenvalue weighted by atomic mass is 19.1. The number of nitrogens with one attached hydrogen (secondary N) is 1. The lowest BCUT2D eigenvalue weighted by atomic mass is 9.77. The molecule has 9 heteroatoms. The van der Waals surface area contributed by atoms with E-state index in [9.17, 15) is 18.4 Å². The van der Waals surface area contributed by atoms with Crippen LogP contribution in [-0.4, -0.2) is 28.5 Å². The van der Waals surface area contributed by atoms with Gasteiger partial charge < -0.3 is 14.8 Å². The fourth-order valence-corrected chi connectivity index (χ4v) is 3.62. The van der Waals surface area contributed by atoms with Crippen molar-refractivity contribution in [3.63, 3.8) is 0 Å². The highest BCUT2D eigenvalue weighted by molar-refractivity contribution is 5.83. The molecule has 1 N–H and O–H groups in total. The SMILES string of the molecule is CCOC(=O)C(CC)(CCC(=O)OCc1ccccc1)c1cncc(Nc2ccc(F)cc2F)n1. The lowest BCUT2D eigenvalue weighted by Gasteiger charge is -2.29. The fourth-order valence-electron chi connectivity index (χ4n) is 3.62. The van der Waals surface area contributed by atoms with Crippen molar-refractivity contribution < 1.29 is 27.8 Å². The van der Waals surface area contributed by atoms with E-state index >= 15 is 0 Å². The van der Waals surface area contributed by atoms with Gasteiger partial charge in [0.2, 0.25) is 0 Å². The Bertz CT molecular complexity index is 1160. The number of anilines is 2. The summed E-state index contributed by atoms with van der Waals surface area (Å²) in [5.41, 5.74) is -0.151. The van der Waals surface area contributed by atoms with Crippen LogP contribution in [0.15, 0.2) is 60.9 Å². The second-order valence-electron chi connectivity index (χ2n) is 7.84. The van der Waals surface area contributed by atoms with Gasteiger partial charge in [-0.05, 0) is 37.5 Å². The summed E-state index contributed by atoms with van der Waals surface area (Å²) >= 11 is 0. The van der Waals surface area contributed by atoms with E-state index in [2.05, 4.69) is 15.3 Å². The molecule has 0 aliphatic carbocycles. The third-order valence-electron chi connectivity index (χ3n) is 5.59. The summed E-state index contributed by atoms with van der Waals surface area (Å²) in [6.45, 7) is 3.74. The largest absolute Gasteiger partial charge is 0.465 e. The third kappa shape index (κ3) is 6.59. The second-order valence-corrected chi connectivity index (χ2v) is 7.84. The fraction of sp³-hybridized carbons (Fsp3) is 0.308. The molecule has 0 saturated heterocycles. The van der Waals surface area contributed by atoms with E-state index in [1.165, 1.54) is 18.5 Å². The molecule has 1 aromatic heterocycles. The molecule has 1 heterocycles. The second kappa shape index (κ2) is 12.0. The van der Waals surface area contributed by atoms with Crippen molar-refractivity contribution in [3.8, 4) is 0 Å². The van der Waals surface area contributed by atoms with Crippen LogP contribution in [0, 0.1) is 11.6 Å². The number of benzene rings is 2. The summed E-state index contributed by atoms with van der Waals surface area (Å²) in [5, 5.41) is 2.75. The monoisotopic (exact) mass is 483 g/mol. The summed E-state index contributed by atoms with van der Waals surface area (Å²) in [6.07, 6.45) is 3.08. The normalized spacial score (nSPS) is 12.5. The lowest BCUT2D eigenvalue weighted by molar-refractivity contribution is -0.152. The van der Waals surface area contributed by atoms with Gasteiger partial charge in [-0.25, -0.2) is 13.8 Å². The maximum absolute atomic E-state index is 14.1. The van der Waals surface area contributed by atoms with Crippen LogP contribution in [0.1, 0.15) is 44.4 Å². The van der Waals surface area contributed by atoms with E-state index in [0.29, 0.717) is 0 Å². The molecule has 184 valence electrons. The molecule has 1 atom stereocenters. The first kappa shape index (κ1) is 25.7. The molecule has 0 bridgehead atoms. The van der Waals surface area contributed by atoms with Gasteiger partial charge in [-0.3, -0.25) is 14.6 Å². The summed E-state index contributed by atoms with van der Waals surface area (Å²) in [5.74, 6) is -2.36. The Morgan fingerprint density at radius 3 is 2.49 bits per heavy atom. The molecule has 3 aromatic rings. The molecule has 35 heavy (non-hydrogen) atoms. The van der Waals surface area contributed by atoms with E-state index in [-0.39, 0.29) is 49.7 Å². The molecule has 0 amide bonds. The zero-order valence-electron chi connectivity index (χ0n) is 19.6. The van der Waals surface area contributed by atoms with Crippen molar-refractivity contribution >= 4 is 23.4 Å². The van der Waals surface area contributed by atoms with E-state index in [0.717, 1.165) is 17.7 Å². The van der Waals surface area contributed by atoms with E-state index in [4.69, 9.17) is 9.47 Å². The van der Waals surface area contributed by atoms with Crippen LogP contribution < -0.4 is 5.32 Å². The average molecular weight is 484 g/mol. The van der Waals surface area contributed by atoms with Crippen LogP contribution in [-0.2, 0) is 31.1 Å². The van der Waals surface area contributed by atoms with E-state index < -0.39 is 29.0 Å². The van der Waals surface area contributed by atoms with Crippen molar-refractivity contribution in [2.75, 3.05) is 11.9 Å². The van der Waals surface area contributed by atoms with Gasteiger partial charge >= 0.3 is 11.9 Å². The van der Waals surface area contributed by atoms with Crippen LogP contribution in [0.3, 0.4) is 0 Å². The first-order valence-corrected chi connectivity index (χ1v) is 11.3. The summed E-state index contributed by atoms with van der Waals surface area (Å²) in [7, 11) is 0. The van der Waals surface area contributed by atoms with Crippen LogP contribution in [0.4, 0.5) is 20.3 Å². The standard InChI is InChI=1S/C26H27F2N3O4/c1-3-26(25(33)34-4-2,13-12-24(32)35-17-18-8-6-5-7-9-18)22-15-29-16-23(31-22)30-21-11-10-19(27)14-20(21)28/h5-11,14-16H,3-4,12-13,17H2,1-2H3,(H,30,31). The third-order valence-corrected chi connectivity index (χ3v) is 5.59. The number of halogens is 2. The van der Waals surface area contributed by atoms with E-state index in [1.54, 1.807) is 13.8 Å². The Balaban J connectivity index is 1.81. The van der Waals surface area contributed by atoms with Gasteiger partial charge in [0.1, 0.15) is 29.5 Å². The van der Waals surface area contributed by atoms with Crippen LogP contribution >= 0.6 is 0 Å². The quantitative estimate of drug-likeness (QED) is 0.373. The first-order chi connectivity index (χ1) is 16.9. The molecule has 3 rings (SSSR count). The average Bonchev–Trinajstić information content (AvgIpc) is 2.86. The number of hydrogen-bond donors (Lipinski definition) is 1. The number of rotatable bonds is 11. The summed E-state index contributed by atoms with van der Waals surface area (Å²) in [6, 6.07) is 12.4. The van der Waals surface area contributed by atoms with Gasteiger partial charge in [0, 0.05) is 18.7 Å². The minimum absolute atomic E-state index is 0.000530. The Kier molecular flexibility index (Phi) is 8.83. The highest BCUT2D eigenvalue weighted by Crippen LogP contribution is 2.34. The van der Waals surface area contributed by atoms with Crippen LogP contribution in [0.5, 0.6) is 0 Å². The number of esters is 2. The van der Waals surface area contributed by atoms with E-state index in [1.807, 2.05) is 30.3 Å². The molecular formula is C26H27F2N3O4. The summed E-state index contributed by atoms with van der Waals surface area (Å²) < 4.78 is 38.0. The van der Waals surface area contributed by atoms with Crippen molar-refractivity contribution in [2.45, 2.75) is 45.1 Å². The number of hydrogen-bond acceptors (Lipinski definition) is 7. The first-order valence-electron chi connectivity index (χ1n) is 11.3. The Labute approximate surface area is 202 Å². The maximum atomic E-state index is 14.1. The minimum atomic E-state index is -1.27. The van der Waals surface area contributed by atoms with Crippen molar-refractivity contribution in [2.24, 2.45) is 0 Å². The molecule has 2 aromatic carbocycles. The molecule has 0 radical (unpaired) electrons. The Hall–Kier alpha value is -3.88. The Morgan fingerprint density at radius 2 is 1.80 bits per heavy atom. The molecule has 7 nitrogen and oxygen atoms in total. The zero-order valence-corrected chi connectivity index (χ0v) is 19.6. The number of ether oxygens (including phenoxy) is 2. The summed E-state index contributed by atoms with van der Waals surface area (Å²) in [4.78, 5) is 34.2. The topological polar surface area (TPSA) is 90.4 Å². The van der Waals surface area contributed by atoms with Gasteiger partial charge in [0.25, 0.3) is 0 Å².